The lowest BCUT2D eigenvalue weighted by atomic mass is 10.2. The van der Waals surface area contributed by atoms with E-state index in [0.717, 1.165) is 0 Å². The molecule has 0 radical (unpaired) electrons. The van der Waals surface area contributed by atoms with Crippen LogP contribution >= 0.6 is 24.3 Å². The maximum Gasteiger partial charge on any atom is 0.530 e. The highest BCUT2D eigenvalue weighted by Crippen LogP contribution is 2.55. The van der Waals surface area contributed by atoms with Gasteiger partial charge in [0.05, 0.1) is 59.3 Å². The molecule has 7 aromatic rings. The van der Waals surface area contributed by atoms with Crippen molar-refractivity contribution < 1.29 is 69.6 Å². The predicted molar refractivity (Wildman–Crippen MR) is 261 cm³/mol. The largest absolute Gasteiger partial charge is 0.530 e. The van der Waals surface area contributed by atoms with Crippen LogP contribution in [0.3, 0.4) is 0 Å². The molecule has 12 rings (SSSR count). The lowest BCUT2D eigenvalue weighted by molar-refractivity contribution is -0.216. The molecule has 5 aliphatic heterocycles. The predicted octanol–water partition coefficient (Wildman–Crippen LogP) is 10.7. The van der Waals surface area contributed by atoms with E-state index in [-0.39, 0.29) is 24.7 Å². The Hall–Kier alpha value is -5.89. The summed E-state index contributed by atoms with van der Waals surface area (Å²) in [4.78, 5) is 0. The highest BCUT2D eigenvalue weighted by atomic mass is 31.2. The van der Waals surface area contributed by atoms with Gasteiger partial charge in [0.1, 0.15) is 47.7 Å². The van der Waals surface area contributed by atoms with Gasteiger partial charge >= 0.3 is 17.2 Å². The molecule has 71 heavy (non-hydrogen) atoms. The number of hydrogen-bond donors (Lipinski definition) is 0. The van der Waals surface area contributed by atoms with Crippen LogP contribution in [0.15, 0.2) is 176 Å². The minimum Gasteiger partial charge on any atom is -0.408 e. The first-order chi connectivity index (χ1) is 35.0. The highest BCUT2D eigenvalue weighted by molar-refractivity contribution is 7.85. The van der Waals surface area contributed by atoms with E-state index >= 15 is 4.57 Å². The van der Waals surface area contributed by atoms with Crippen LogP contribution in [-0.2, 0) is 42.5 Å². The molecule has 18 heteroatoms. The Bertz CT molecular complexity index is 2860. The molecular formula is C53H45O15P3. The van der Waals surface area contributed by atoms with Crippen LogP contribution in [-0.4, -0.2) is 45.4 Å². The Morgan fingerprint density at radius 1 is 0.394 bits per heavy atom. The average Bonchev–Trinajstić information content (AvgIpc) is 4.28. The van der Waals surface area contributed by atoms with Gasteiger partial charge < -0.3 is 69.6 Å². The zero-order valence-corrected chi connectivity index (χ0v) is 40.4. The Balaban J connectivity index is 1.02. The van der Waals surface area contributed by atoms with Gasteiger partial charge in [0.25, 0.3) is 0 Å². The van der Waals surface area contributed by atoms with E-state index in [4.69, 9.17) is 65.0 Å². The maximum absolute atomic E-state index is 16.9. The third kappa shape index (κ3) is 9.41. The lowest BCUT2D eigenvalue weighted by Gasteiger charge is -2.27. The second-order valence-corrected chi connectivity index (χ2v) is 21.3. The second-order valence-electron chi connectivity index (χ2n) is 16.6. The first kappa shape index (κ1) is 46.2. The average molecular weight is 1010 g/mol. The highest BCUT2D eigenvalue weighted by Gasteiger charge is 2.52. The van der Waals surface area contributed by atoms with Crippen LogP contribution in [0, 0.1) is 0 Å². The van der Waals surface area contributed by atoms with Crippen LogP contribution in [0.2, 0.25) is 0 Å². The molecule has 0 amide bonds. The summed E-state index contributed by atoms with van der Waals surface area (Å²) >= 11 is 0. The number of para-hydroxylation sites is 6. The van der Waals surface area contributed by atoms with Crippen molar-refractivity contribution in [3.8, 4) is 34.5 Å². The summed E-state index contributed by atoms with van der Waals surface area (Å²) in [5, 5.41) is 1.18. The van der Waals surface area contributed by atoms with Crippen molar-refractivity contribution in [1.82, 2.24) is 0 Å². The van der Waals surface area contributed by atoms with Gasteiger partial charge in [0.2, 0.25) is 5.79 Å². The number of rotatable bonds is 7. The second kappa shape index (κ2) is 20.3. The summed E-state index contributed by atoms with van der Waals surface area (Å²) in [7, 11) is -8.90. The lowest BCUT2D eigenvalue weighted by Crippen LogP contribution is -2.34. The van der Waals surface area contributed by atoms with Crippen LogP contribution in [0.1, 0.15) is 47.4 Å². The van der Waals surface area contributed by atoms with Crippen molar-refractivity contribution in [2.24, 2.45) is 0 Å². The molecule has 0 saturated carbocycles. The molecule has 3 bridgehead atoms. The van der Waals surface area contributed by atoms with Gasteiger partial charge in [-0.3, -0.25) is 0 Å². The Labute approximate surface area is 411 Å². The van der Waals surface area contributed by atoms with E-state index in [1.807, 2.05) is 115 Å². The van der Waals surface area contributed by atoms with Crippen molar-refractivity contribution in [3.63, 3.8) is 0 Å². The molecule has 4 atom stereocenters. The smallest absolute Gasteiger partial charge is 0.408 e. The molecule has 15 nitrogen and oxygen atoms in total. The third-order valence-corrected chi connectivity index (χ3v) is 17.3. The van der Waals surface area contributed by atoms with Gasteiger partial charge in [-0.2, -0.15) is 0 Å². The maximum atomic E-state index is 16.9. The SMILES string of the molecule is O=P1(c2ccccc2)c2ccccc2OP(Oc2ccccc2C2OCCO2)Oc2ccccc2C2OCC3(COC(O3)c3ccccc3OP(Oc3ccccc3C3OCCO3)Oc3ccccc31)O2. The first-order valence-corrected chi connectivity index (χ1v) is 26.8. The fourth-order valence-electron chi connectivity index (χ4n) is 8.71. The molecule has 362 valence electrons. The molecule has 0 aromatic heterocycles. The van der Waals surface area contributed by atoms with Gasteiger partial charge in [-0.25, -0.2) is 0 Å². The summed E-state index contributed by atoms with van der Waals surface area (Å²) in [6.45, 7) is 1.74. The van der Waals surface area contributed by atoms with Crippen molar-refractivity contribution in [2.45, 2.75) is 30.9 Å². The standard InChI is InChI=1S/C53H45O15P3/c54-71(36-16-2-1-3-17-36)47-28-14-12-26-45(47)67-69(63-41-22-8-4-18-37(41)49-55-30-31-56-49)65-43-24-10-6-20-39(43)51-59-34-53(61-51)35-60-52(62-53)40-21-7-11-25-44(40)66-70(68-46-27-13-15-29-48(46)71)64-42-23-9-5-19-38(42)50-57-32-33-58-50/h1-29,49-52H,30-35H2. The van der Waals surface area contributed by atoms with Crippen molar-refractivity contribution in [2.75, 3.05) is 39.6 Å². The van der Waals surface area contributed by atoms with E-state index in [2.05, 4.69) is 0 Å². The fraction of sp³-hybridized carbons (Fsp3) is 0.208. The van der Waals surface area contributed by atoms with E-state index in [1.54, 1.807) is 60.7 Å². The van der Waals surface area contributed by atoms with Gasteiger partial charge in [0.15, 0.2) is 32.3 Å². The molecule has 4 unspecified atom stereocenters. The number of hydrogen-bond acceptors (Lipinski definition) is 15. The summed E-state index contributed by atoms with van der Waals surface area (Å²) in [5.41, 5.74) is 2.35. The molecule has 5 heterocycles. The molecule has 5 aliphatic rings. The van der Waals surface area contributed by atoms with Crippen LogP contribution in [0.25, 0.3) is 0 Å². The minimum absolute atomic E-state index is 0.0298. The number of ether oxygens (including phenoxy) is 8. The quantitative estimate of drug-likeness (QED) is 0.139. The zero-order valence-electron chi connectivity index (χ0n) is 37.8. The normalized spacial score (nSPS) is 25.5. The van der Waals surface area contributed by atoms with Crippen molar-refractivity contribution in [1.29, 1.82) is 0 Å². The van der Waals surface area contributed by atoms with Gasteiger partial charge in [-0.1, -0.05) is 127 Å². The van der Waals surface area contributed by atoms with Crippen LogP contribution in [0.5, 0.6) is 34.5 Å². The molecule has 0 N–H and O–H groups in total. The third-order valence-electron chi connectivity index (χ3n) is 12.1. The topological polar surface area (TPSA) is 146 Å². The van der Waals surface area contributed by atoms with Gasteiger partial charge in [-0.15, -0.1) is 0 Å². The summed E-state index contributed by atoms with van der Waals surface area (Å²) < 4.78 is 108. The van der Waals surface area contributed by atoms with Gasteiger partial charge in [-0.05, 0) is 48.5 Å². The number of benzene rings is 7. The molecule has 4 fully saturated rings. The molecule has 4 saturated heterocycles. The molecule has 7 aromatic carbocycles. The molecule has 0 aliphatic carbocycles. The summed E-state index contributed by atoms with van der Waals surface area (Å²) in [6, 6.07) is 52.8. The van der Waals surface area contributed by atoms with Crippen LogP contribution < -0.4 is 43.1 Å². The molecular weight excluding hydrogens is 969 g/mol. The van der Waals surface area contributed by atoms with E-state index < -0.39 is 55.3 Å². The number of fused-ring (bicyclic) bond motifs is 8. The van der Waals surface area contributed by atoms with E-state index in [0.29, 0.717) is 87.6 Å². The van der Waals surface area contributed by atoms with Crippen LogP contribution in [0.4, 0.5) is 0 Å². The minimum atomic E-state index is -4.00. The molecule has 1 spiro atoms. The van der Waals surface area contributed by atoms with E-state index in [1.165, 1.54) is 0 Å². The van der Waals surface area contributed by atoms with Gasteiger partial charge in [0, 0.05) is 5.30 Å². The Morgan fingerprint density at radius 2 is 0.761 bits per heavy atom. The fourth-order valence-corrected chi connectivity index (χ4v) is 13.9. The summed E-state index contributed by atoms with van der Waals surface area (Å²) in [6.07, 6.45) is -3.28. The Kier molecular flexibility index (Phi) is 13.2. The van der Waals surface area contributed by atoms with Crippen molar-refractivity contribution in [3.05, 3.63) is 198 Å². The summed E-state index contributed by atoms with van der Waals surface area (Å²) in [5.74, 6) is 0.636. The van der Waals surface area contributed by atoms with Crippen molar-refractivity contribution >= 4 is 40.3 Å². The monoisotopic (exact) mass is 1010 g/mol. The zero-order chi connectivity index (χ0) is 47.6. The Morgan fingerprint density at radius 3 is 1.23 bits per heavy atom. The first-order valence-electron chi connectivity index (χ1n) is 22.9. The van der Waals surface area contributed by atoms with E-state index in [9.17, 15) is 0 Å².